The van der Waals surface area contributed by atoms with Crippen molar-refractivity contribution in [2.45, 2.75) is 244 Å². The second-order valence-corrected chi connectivity index (χ2v) is 18.0. The van der Waals surface area contributed by atoms with E-state index in [1.54, 1.807) is 0 Å². The van der Waals surface area contributed by atoms with E-state index in [1.165, 1.54) is 141 Å². The molecule has 0 radical (unpaired) electrons. The van der Waals surface area contributed by atoms with Crippen LogP contribution in [0, 0.1) is 0 Å². The van der Waals surface area contributed by atoms with E-state index in [2.05, 4.69) is 42.7 Å². The first kappa shape index (κ1) is 58.0. The molecule has 0 fully saturated rings. The van der Waals surface area contributed by atoms with Gasteiger partial charge in [-0.25, -0.2) is 4.57 Å². The third-order valence-corrected chi connectivity index (χ3v) is 11.6. The highest BCUT2D eigenvalue weighted by molar-refractivity contribution is 7.47. The standard InChI is InChI=1S/C48H90NO10P/c1-3-5-7-9-11-13-15-17-19-21-23-25-27-29-31-33-35-37-39-46(50)56-41-44(42-57-60(54,55)58-43-45(49)48(52)53)59-47(51)40-38-36-34-32-30-28-26-24-22-20-18-16-14-12-10-8-6-4-2/h19-22,44-45H,3-18,23-43,49H2,1-2H3,(H,52,53)(H,54,55)/b21-19-,22-20-. The van der Waals surface area contributed by atoms with Crippen molar-refractivity contribution in [2.24, 2.45) is 5.73 Å². The summed E-state index contributed by atoms with van der Waals surface area (Å²) in [5.41, 5.74) is 5.35. The lowest BCUT2D eigenvalue weighted by molar-refractivity contribution is -0.161. The van der Waals surface area contributed by atoms with Gasteiger partial charge < -0.3 is 25.2 Å². The van der Waals surface area contributed by atoms with Crippen molar-refractivity contribution in [3.8, 4) is 0 Å². The first-order valence-electron chi connectivity index (χ1n) is 24.4. The Morgan fingerprint density at radius 3 is 1.22 bits per heavy atom. The van der Waals surface area contributed by atoms with Gasteiger partial charge in [-0.3, -0.25) is 23.4 Å². The van der Waals surface area contributed by atoms with Crippen molar-refractivity contribution in [3.63, 3.8) is 0 Å². The lowest BCUT2D eigenvalue weighted by Gasteiger charge is -2.20. The summed E-state index contributed by atoms with van der Waals surface area (Å²) in [5.74, 6) is -2.38. The predicted octanol–water partition coefficient (Wildman–Crippen LogP) is 13.4. The van der Waals surface area contributed by atoms with E-state index in [0.717, 1.165) is 51.4 Å². The van der Waals surface area contributed by atoms with Gasteiger partial charge in [-0.1, -0.05) is 179 Å². The molecule has 0 bridgehead atoms. The average Bonchev–Trinajstić information content (AvgIpc) is 3.22. The van der Waals surface area contributed by atoms with Crippen LogP contribution in [-0.4, -0.2) is 59.9 Å². The number of allylic oxidation sites excluding steroid dienone is 4. The highest BCUT2D eigenvalue weighted by Crippen LogP contribution is 2.43. The molecule has 0 aromatic rings. The third kappa shape index (κ3) is 42.6. The number of phosphoric ester groups is 1. The van der Waals surface area contributed by atoms with E-state index in [9.17, 15) is 23.8 Å². The lowest BCUT2D eigenvalue weighted by Crippen LogP contribution is -2.34. The van der Waals surface area contributed by atoms with Gasteiger partial charge in [-0.05, 0) is 64.2 Å². The van der Waals surface area contributed by atoms with Gasteiger partial charge in [-0.2, -0.15) is 0 Å². The highest BCUT2D eigenvalue weighted by Gasteiger charge is 2.28. The van der Waals surface area contributed by atoms with Crippen LogP contribution in [0.15, 0.2) is 24.3 Å². The van der Waals surface area contributed by atoms with Gasteiger partial charge in [0.1, 0.15) is 12.6 Å². The molecular formula is C48H90NO10P. The minimum Gasteiger partial charge on any atom is -0.480 e. The minimum atomic E-state index is -4.72. The fraction of sp³-hybridized carbons (Fsp3) is 0.854. The molecule has 0 amide bonds. The van der Waals surface area contributed by atoms with Gasteiger partial charge >= 0.3 is 25.7 Å². The Hall–Kier alpha value is -2.04. The first-order valence-corrected chi connectivity index (χ1v) is 25.9. The molecule has 0 spiro atoms. The van der Waals surface area contributed by atoms with E-state index < -0.39 is 51.1 Å². The number of aliphatic carboxylic acids is 1. The van der Waals surface area contributed by atoms with Crippen molar-refractivity contribution in [1.29, 1.82) is 0 Å². The molecule has 3 unspecified atom stereocenters. The van der Waals surface area contributed by atoms with Crippen molar-refractivity contribution < 1.29 is 47.5 Å². The fourth-order valence-corrected chi connectivity index (χ4v) is 7.60. The van der Waals surface area contributed by atoms with E-state index in [0.29, 0.717) is 12.8 Å². The van der Waals surface area contributed by atoms with Crippen LogP contribution >= 0.6 is 7.82 Å². The highest BCUT2D eigenvalue weighted by atomic mass is 31.2. The molecule has 11 nitrogen and oxygen atoms in total. The van der Waals surface area contributed by atoms with Gasteiger partial charge in [0.15, 0.2) is 6.10 Å². The van der Waals surface area contributed by atoms with Gasteiger partial charge in [0.25, 0.3) is 0 Å². The molecule has 0 aromatic heterocycles. The van der Waals surface area contributed by atoms with Crippen molar-refractivity contribution in [2.75, 3.05) is 19.8 Å². The van der Waals surface area contributed by atoms with Gasteiger partial charge in [0, 0.05) is 12.8 Å². The normalized spacial score (nSPS) is 13.8. The maximum absolute atomic E-state index is 12.7. The van der Waals surface area contributed by atoms with Crippen LogP contribution in [0.2, 0.25) is 0 Å². The first-order chi connectivity index (χ1) is 29.1. The molecule has 0 saturated heterocycles. The van der Waals surface area contributed by atoms with Crippen LogP contribution in [0.3, 0.4) is 0 Å². The topological polar surface area (TPSA) is 172 Å². The zero-order valence-electron chi connectivity index (χ0n) is 38.3. The fourth-order valence-electron chi connectivity index (χ4n) is 6.82. The Labute approximate surface area is 366 Å². The SMILES string of the molecule is CCCCCCCCC/C=C\CCCCCCCCCC(=O)OCC(COP(=O)(O)OCC(N)C(=O)O)OC(=O)CCCCCCCCC/C=C\CCCCCCCCC. The third-order valence-electron chi connectivity index (χ3n) is 10.7. The van der Waals surface area contributed by atoms with Crippen LogP contribution in [0.1, 0.15) is 232 Å². The average molecular weight is 872 g/mol. The number of carbonyl (C=O) groups is 3. The van der Waals surface area contributed by atoms with Crippen LogP contribution in [0.25, 0.3) is 0 Å². The number of ether oxygens (including phenoxy) is 2. The molecule has 352 valence electrons. The van der Waals surface area contributed by atoms with Crippen molar-refractivity contribution in [3.05, 3.63) is 24.3 Å². The molecule has 4 N–H and O–H groups in total. The van der Waals surface area contributed by atoms with Gasteiger partial charge in [-0.15, -0.1) is 0 Å². The van der Waals surface area contributed by atoms with Crippen molar-refractivity contribution in [1.82, 2.24) is 0 Å². The predicted molar refractivity (Wildman–Crippen MR) is 245 cm³/mol. The van der Waals surface area contributed by atoms with Crippen LogP contribution < -0.4 is 5.73 Å². The number of carbonyl (C=O) groups excluding carboxylic acids is 2. The minimum absolute atomic E-state index is 0.157. The molecule has 60 heavy (non-hydrogen) atoms. The maximum atomic E-state index is 12.7. The summed E-state index contributed by atoms with van der Waals surface area (Å²) in [7, 11) is -4.72. The number of nitrogens with two attached hydrogens (primary N) is 1. The largest absolute Gasteiger partial charge is 0.480 e. The summed E-state index contributed by atoms with van der Waals surface area (Å²) < 4.78 is 32.8. The zero-order valence-corrected chi connectivity index (χ0v) is 39.2. The molecule has 0 rings (SSSR count). The Bertz CT molecular complexity index is 1120. The zero-order chi connectivity index (χ0) is 44.2. The Balaban J connectivity index is 4.29. The number of carboxylic acid groups (broad SMARTS) is 1. The summed E-state index contributed by atoms with van der Waals surface area (Å²) in [5, 5.41) is 8.91. The number of unbranched alkanes of at least 4 members (excludes halogenated alkanes) is 28. The van der Waals surface area contributed by atoms with E-state index in [-0.39, 0.29) is 19.4 Å². The molecule has 0 heterocycles. The molecule has 0 aromatic carbocycles. The molecular weight excluding hydrogens is 781 g/mol. The summed E-state index contributed by atoms with van der Waals surface area (Å²) >= 11 is 0. The number of phosphoric acid groups is 1. The van der Waals surface area contributed by atoms with Crippen LogP contribution in [0.4, 0.5) is 0 Å². The molecule has 0 aliphatic carbocycles. The van der Waals surface area contributed by atoms with E-state index in [4.69, 9.17) is 24.8 Å². The molecule has 3 atom stereocenters. The number of carboxylic acids is 1. The maximum Gasteiger partial charge on any atom is 0.472 e. The summed E-state index contributed by atoms with van der Waals surface area (Å²) in [4.78, 5) is 46.1. The molecule has 12 heteroatoms. The summed E-state index contributed by atoms with van der Waals surface area (Å²) in [6, 6.07) is -1.52. The second-order valence-electron chi connectivity index (χ2n) is 16.6. The van der Waals surface area contributed by atoms with Crippen LogP contribution in [-0.2, 0) is 37.5 Å². The quantitative estimate of drug-likeness (QED) is 0.0230. The lowest BCUT2D eigenvalue weighted by atomic mass is 10.1. The van der Waals surface area contributed by atoms with Crippen molar-refractivity contribution >= 4 is 25.7 Å². The monoisotopic (exact) mass is 872 g/mol. The van der Waals surface area contributed by atoms with Crippen LogP contribution in [0.5, 0.6) is 0 Å². The number of rotatable bonds is 46. The summed E-state index contributed by atoms with van der Waals surface area (Å²) in [6.07, 6.45) is 46.6. The van der Waals surface area contributed by atoms with Gasteiger partial charge in [0.2, 0.25) is 0 Å². The summed E-state index contributed by atoms with van der Waals surface area (Å²) in [6.45, 7) is 2.82. The smallest absolute Gasteiger partial charge is 0.472 e. The number of hydrogen-bond donors (Lipinski definition) is 3. The number of hydrogen-bond acceptors (Lipinski definition) is 9. The Kier molecular flexibility index (Phi) is 42.1. The Morgan fingerprint density at radius 1 is 0.500 bits per heavy atom. The van der Waals surface area contributed by atoms with E-state index in [1.807, 2.05) is 0 Å². The second kappa shape index (κ2) is 43.6. The van der Waals surface area contributed by atoms with Gasteiger partial charge in [0.05, 0.1) is 13.2 Å². The number of esters is 2. The molecule has 0 aliphatic rings. The Morgan fingerprint density at radius 2 is 0.833 bits per heavy atom. The molecule has 0 saturated carbocycles. The van der Waals surface area contributed by atoms with E-state index >= 15 is 0 Å². The molecule has 0 aliphatic heterocycles.